The smallest absolute Gasteiger partial charge is 0.241 e. The van der Waals surface area contributed by atoms with E-state index < -0.39 is 10.0 Å². The normalized spacial score (nSPS) is 27.6. The van der Waals surface area contributed by atoms with E-state index in [1.165, 1.54) is 12.8 Å². The van der Waals surface area contributed by atoms with Crippen LogP contribution < -0.4 is 0 Å². The standard InChI is InChI=1S/C20H35N3O4S.2ClH/c1-4-6-16-19-17(23(20(16)25)28(3,26)27)10-14-22(19)18(24)7-5-11-21-12-8-15(2)9-13-21;;/h15-17,19H,4-14H2,1-3H3;2*1H/t16-,17+,19-;;/m1../s1. The average Bonchev–Trinajstić information content (AvgIpc) is 3.15. The Balaban J connectivity index is 0.00000225. The SMILES string of the molecule is CCC[C@H]1C(=O)N(S(C)(=O)=O)[C@H]2CCN(C(=O)CCCN3CCC(C)CC3)[C@H]12.Cl.Cl. The van der Waals surface area contributed by atoms with Gasteiger partial charge in [-0.3, -0.25) is 9.59 Å². The summed E-state index contributed by atoms with van der Waals surface area (Å²) in [7, 11) is -3.60. The molecule has 0 radical (unpaired) electrons. The van der Waals surface area contributed by atoms with Crippen LogP contribution in [0.2, 0.25) is 0 Å². The molecule has 3 rings (SSSR count). The first-order valence-electron chi connectivity index (χ1n) is 10.8. The van der Waals surface area contributed by atoms with Crippen LogP contribution >= 0.6 is 24.8 Å². The minimum atomic E-state index is -3.60. The topological polar surface area (TPSA) is 78.0 Å². The molecule has 3 aliphatic rings. The number of sulfonamides is 1. The lowest BCUT2D eigenvalue weighted by atomic mass is 9.94. The van der Waals surface area contributed by atoms with E-state index in [9.17, 15) is 18.0 Å². The third-order valence-corrected chi connectivity index (χ3v) is 7.85. The van der Waals surface area contributed by atoms with Crippen LogP contribution in [0.15, 0.2) is 0 Å². The van der Waals surface area contributed by atoms with Crippen molar-refractivity contribution in [1.29, 1.82) is 0 Å². The number of carbonyl (C=O) groups is 2. The molecular weight excluding hydrogens is 449 g/mol. The summed E-state index contributed by atoms with van der Waals surface area (Å²) in [6.45, 7) is 7.99. The number of hydrogen-bond acceptors (Lipinski definition) is 5. The molecule has 0 spiro atoms. The van der Waals surface area contributed by atoms with E-state index in [0.29, 0.717) is 25.8 Å². The molecule has 3 saturated heterocycles. The van der Waals surface area contributed by atoms with Crippen molar-refractivity contribution < 1.29 is 18.0 Å². The zero-order valence-corrected chi connectivity index (χ0v) is 20.7. The van der Waals surface area contributed by atoms with Gasteiger partial charge in [-0.25, -0.2) is 12.7 Å². The summed E-state index contributed by atoms with van der Waals surface area (Å²) in [6.07, 6.45) is 6.83. The maximum Gasteiger partial charge on any atom is 0.241 e. The Kier molecular flexibility index (Phi) is 10.4. The lowest BCUT2D eigenvalue weighted by molar-refractivity contribution is -0.134. The molecule has 3 atom stereocenters. The Morgan fingerprint density at radius 1 is 1.10 bits per heavy atom. The summed E-state index contributed by atoms with van der Waals surface area (Å²) in [5.74, 6) is 0.161. The molecule has 10 heteroatoms. The van der Waals surface area contributed by atoms with Gasteiger partial charge in [-0.05, 0) is 57.7 Å². The summed E-state index contributed by atoms with van der Waals surface area (Å²) in [6, 6.07) is -0.669. The summed E-state index contributed by atoms with van der Waals surface area (Å²) in [5.41, 5.74) is 0. The Bertz CT molecular complexity index is 698. The first-order chi connectivity index (χ1) is 13.2. The number of rotatable bonds is 7. The third kappa shape index (κ3) is 5.81. The highest BCUT2D eigenvalue weighted by Gasteiger charge is 2.56. The van der Waals surface area contributed by atoms with Crippen molar-refractivity contribution in [3.63, 3.8) is 0 Å². The van der Waals surface area contributed by atoms with E-state index in [0.717, 1.165) is 49.0 Å². The highest BCUT2D eigenvalue weighted by atomic mass is 35.5. The van der Waals surface area contributed by atoms with E-state index in [2.05, 4.69) is 11.8 Å². The van der Waals surface area contributed by atoms with Crippen LogP contribution in [0.5, 0.6) is 0 Å². The van der Waals surface area contributed by atoms with Crippen molar-refractivity contribution in [3.8, 4) is 0 Å². The number of likely N-dealkylation sites (tertiary alicyclic amines) is 2. The summed E-state index contributed by atoms with van der Waals surface area (Å²) >= 11 is 0. The molecule has 176 valence electrons. The van der Waals surface area contributed by atoms with Gasteiger partial charge in [-0.15, -0.1) is 24.8 Å². The van der Waals surface area contributed by atoms with Gasteiger partial charge in [-0.1, -0.05) is 20.3 Å². The lowest BCUT2D eigenvalue weighted by Crippen LogP contribution is -2.43. The number of halogens is 2. The molecule has 0 aromatic heterocycles. The van der Waals surface area contributed by atoms with Gasteiger partial charge in [0.25, 0.3) is 0 Å². The number of nitrogens with zero attached hydrogens (tertiary/aromatic N) is 3. The molecule has 7 nitrogen and oxygen atoms in total. The summed E-state index contributed by atoms with van der Waals surface area (Å²) in [4.78, 5) is 29.9. The van der Waals surface area contributed by atoms with Crippen LogP contribution in [0, 0.1) is 11.8 Å². The molecule has 0 bridgehead atoms. The maximum absolute atomic E-state index is 12.9. The minimum absolute atomic E-state index is 0. The van der Waals surface area contributed by atoms with Gasteiger partial charge in [0, 0.05) is 13.0 Å². The van der Waals surface area contributed by atoms with E-state index >= 15 is 0 Å². The van der Waals surface area contributed by atoms with Crippen molar-refractivity contribution in [2.45, 2.75) is 70.9 Å². The highest BCUT2D eigenvalue weighted by molar-refractivity contribution is 7.88. The molecule has 3 aliphatic heterocycles. The zero-order valence-electron chi connectivity index (χ0n) is 18.3. The number of hydrogen-bond donors (Lipinski definition) is 0. The van der Waals surface area contributed by atoms with Crippen molar-refractivity contribution in [1.82, 2.24) is 14.1 Å². The van der Waals surface area contributed by atoms with Crippen LogP contribution in [-0.2, 0) is 19.6 Å². The Labute approximate surface area is 193 Å². The van der Waals surface area contributed by atoms with E-state index in [1.54, 1.807) is 0 Å². The summed E-state index contributed by atoms with van der Waals surface area (Å²) in [5, 5.41) is 0. The van der Waals surface area contributed by atoms with Crippen molar-refractivity contribution in [2.75, 3.05) is 32.4 Å². The Morgan fingerprint density at radius 3 is 2.30 bits per heavy atom. The van der Waals surface area contributed by atoms with Gasteiger partial charge in [0.15, 0.2) is 0 Å². The monoisotopic (exact) mass is 485 g/mol. The van der Waals surface area contributed by atoms with Gasteiger partial charge in [0.1, 0.15) is 0 Å². The fourth-order valence-electron chi connectivity index (χ4n) is 5.20. The average molecular weight is 487 g/mol. The number of piperidine rings is 1. The number of fused-ring (bicyclic) bond motifs is 1. The summed E-state index contributed by atoms with van der Waals surface area (Å²) < 4.78 is 25.4. The zero-order chi connectivity index (χ0) is 20.5. The fraction of sp³-hybridized carbons (Fsp3) is 0.900. The molecule has 0 aromatic carbocycles. The van der Waals surface area contributed by atoms with E-state index in [4.69, 9.17) is 0 Å². The molecule has 30 heavy (non-hydrogen) atoms. The fourth-order valence-corrected chi connectivity index (χ4v) is 6.39. The molecule has 3 fully saturated rings. The van der Waals surface area contributed by atoms with Crippen LogP contribution in [-0.4, -0.2) is 78.9 Å². The van der Waals surface area contributed by atoms with Crippen LogP contribution in [0.25, 0.3) is 0 Å². The van der Waals surface area contributed by atoms with Crippen LogP contribution in [0.3, 0.4) is 0 Å². The van der Waals surface area contributed by atoms with E-state index in [-0.39, 0.29) is 54.6 Å². The van der Waals surface area contributed by atoms with Crippen molar-refractivity contribution in [3.05, 3.63) is 0 Å². The second kappa shape index (κ2) is 11.3. The number of carbonyl (C=O) groups excluding carboxylic acids is 2. The molecule has 0 saturated carbocycles. The quantitative estimate of drug-likeness (QED) is 0.553. The second-order valence-corrected chi connectivity index (χ2v) is 10.7. The predicted molar refractivity (Wildman–Crippen MR) is 123 cm³/mol. The van der Waals surface area contributed by atoms with Gasteiger partial charge in [-0.2, -0.15) is 0 Å². The van der Waals surface area contributed by atoms with Gasteiger partial charge in [0.05, 0.1) is 24.3 Å². The maximum atomic E-state index is 12.9. The van der Waals surface area contributed by atoms with Gasteiger partial charge in [0.2, 0.25) is 21.8 Å². The van der Waals surface area contributed by atoms with Crippen molar-refractivity contribution >= 4 is 46.7 Å². The van der Waals surface area contributed by atoms with Crippen molar-refractivity contribution in [2.24, 2.45) is 11.8 Å². The minimum Gasteiger partial charge on any atom is -0.337 e. The molecule has 0 N–H and O–H groups in total. The number of amides is 2. The largest absolute Gasteiger partial charge is 0.337 e. The van der Waals surface area contributed by atoms with Gasteiger partial charge >= 0.3 is 0 Å². The first kappa shape index (κ1) is 27.5. The lowest BCUT2D eigenvalue weighted by Gasteiger charge is -2.31. The molecule has 0 unspecified atom stereocenters. The second-order valence-electron chi connectivity index (χ2n) is 8.85. The van der Waals surface area contributed by atoms with E-state index in [1.807, 2.05) is 11.8 Å². The third-order valence-electron chi connectivity index (χ3n) is 6.69. The molecule has 0 aliphatic carbocycles. The predicted octanol–water partition coefficient (Wildman–Crippen LogP) is 2.53. The first-order valence-corrected chi connectivity index (χ1v) is 12.6. The van der Waals surface area contributed by atoms with Gasteiger partial charge < -0.3 is 9.80 Å². The molecule has 2 amide bonds. The highest BCUT2D eigenvalue weighted by Crippen LogP contribution is 2.40. The molecule has 3 heterocycles. The Hall–Kier alpha value is -0.570. The molecule has 0 aromatic rings. The molecular formula is C20H37Cl2N3O4S. The van der Waals surface area contributed by atoms with Crippen LogP contribution in [0.4, 0.5) is 0 Å². The Morgan fingerprint density at radius 2 is 1.73 bits per heavy atom. The van der Waals surface area contributed by atoms with Crippen LogP contribution in [0.1, 0.15) is 58.8 Å².